The number of nitrogens with zero attached hydrogens (tertiary/aromatic N) is 2. The second-order valence-electron chi connectivity index (χ2n) is 4.94. The molecule has 1 saturated carbocycles. The Bertz CT molecular complexity index is 619. The fourth-order valence-electron chi connectivity index (χ4n) is 2.04. The molecule has 5 nitrogen and oxygen atoms in total. The highest BCUT2D eigenvalue weighted by atomic mass is 16.1. The third kappa shape index (κ3) is 2.81. The van der Waals surface area contributed by atoms with Gasteiger partial charge in [0.2, 0.25) is 0 Å². The molecule has 0 aromatic carbocycles. The van der Waals surface area contributed by atoms with Gasteiger partial charge in [-0.25, -0.2) is 4.98 Å². The summed E-state index contributed by atoms with van der Waals surface area (Å²) >= 11 is 0. The molecule has 98 valence electrons. The monoisotopic (exact) mass is 256 g/mol. The van der Waals surface area contributed by atoms with Crippen molar-refractivity contribution in [3.63, 3.8) is 0 Å². The molecule has 2 N–H and O–H groups in total. The van der Waals surface area contributed by atoms with Gasteiger partial charge in [0, 0.05) is 24.4 Å². The van der Waals surface area contributed by atoms with Crippen LogP contribution in [0.1, 0.15) is 43.1 Å². The summed E-state index contributed by atoms with van der Waals surface area (Å²) < 4.78 is 0. The highest BCUT2D eigenvalue weighted by molar-refractivity contribution is 5.37. The molecule has 2 aromatic heterocycles. The summed E-state index contributed by atoms with van der Waals surface area (Å²) in [5.41, 5.74) is 0.968. The van der Waals surface area contributed by atoms with Gasteiger partial charge in [-0.15, -0.1) is 0 Å². The Hall–Kier alpha value is -2.17. The van der Waals surface area contributed by atoms with Crippen molar-refractivity contribution >= 4 is 5.82 Å². The average molecular weight is 256 g/mol. The molecule has 5 heteroatoms. The average Bonchev–Trinajstić information content (AvgIpc) is 3.23. The molecule has 0 radical (unpaired) electrons. The highest BCUT2D eigenvalue weighted by Crippen LogP contribution is 2.37. The van der Waals surface area contributed by atoms with E-state index in [0.717, 1.165) is 24.2 Å². The van der Waals surface area contributed by atoms with Crippen LogP contribution < -0.4 is 10.9 Å². The number of aromatic amines is 1. The van der Waals surface area contributed by atoms with Crippen molar-refractivity contribution in [3.8, 4) is 0 Å². The van der Waals surface area contributed by atoms with Gasteiger partial charge in [-0.1, -0.05) is 6.07 Å². The van der Waals surface area contributed by atoms with E-state index in [4.69, 9.17) is 0 Å². The van der Waals surface area contributed by atoms with Crippen molar-refractivity contribution in [2.24, 2.45) is 0 Å². The molecular formula is C14H16N4O. The summed E-state index contributed by atoms with van der Waals surface area (Å²) in [5.74, 6) is 1.86. The molecular weight excluding hydrogens is 240 g/mol. The quantitative estimate of drug-likeness (QED) is 0.880. The molecule has 1 aliphatic carbocycles. The lowest BCUT2D eigenvalue weighted by Gasteiger charge is -2.14. The Labute approximate surface area is 111 Å². The van der Waals surface area contributed by atoms with Crippen LogP contribution in [0.3, 0.4) is 0 Å². The molecule has 0 aliphatic heterocycles. The van der Waals surface area contributed by atoms with Crippen molar-refractivity contribution in [3.05, 3.63) is 52.3 Å². The Balaban J connectivity index is 1.81. The van der Waals surface area contributed by atoms with E-state index in [0.29, 0.717) is 11.7 Å². The molecule has 1 aliphatic rings. The zero-order valence-corrected chi connectivity index (χ0v) is 10.8. The summed E-state index contributed by atoms with van der Waals surface area (Å²) in [7, 11) is 0. The second-order valence-corrected chi connectivity index (χ2v) is 4.94. The van der Waals surface area contributed by atoms with E-state index in [1.807, 2.05) is 25.3 Å². The lowest BCUT2D eigenvalue weighted by Crippen LogP contribution is -2.15. The lowest BCUT2D eigenvalue weighted by molar-refractivity contribution is 0.843. The molecule has 2 heterocycles. The maximum atomic E-state index is 11.6. The van der Waals surface area contributed by atoms with E-state index < -0.39 is 0 Å². The largest absolute Gasteiger partial charge is 0.363 e. The number of nitrogens with one attached hydrogen (secondary N) is 2. The normalized spacial score (nSPS) is 16.1. The van der Waals surface area contributed by atoms with Gasteiger partial charge in [0.05, 0.1) is 6.04 Å². The smallest absolute Gasteiger partial charge is 0.252 e. The van der Waals surface area contributed by atoms with Gasteiger partial charge in [-0.3, -0.25) is 9.78 Å². The van der Waals surface area contributed by atoms with E-state index in [-0.39, 0.29) is 11.6 Å². The predicted molar refractivity (Wildman–Crippen MR) is 73.1 cm³/mol. The van der Waals surface area contributed by atoms with Crippen LogP contribution in [-0.4, -0.2) is 15.0 Å². The zero-order valence-electron chi connectivity index (χ0n) is 10.8. The van der Waals surface area contributed by atoms with Crippen molar-refractivity contribution < 1.29 is 0 Å². The van der Waals surface area contributed by atoms with Crippen molar-refractivity contribution in [1.29, 1.82) is 0 Å². The first-order chi connectivity index (χ1) is 9.22. The summed E-state index contributed by atoms with van der Waals surface area (Å²) in [4.78, 5) is 23.0. The van der Waals surface area contributed by atoms with Crippen molar-refractivity contribution in [2.45, 2.75) is 31.7 Å². The first-order valence-electron chi connectivity index (χ1n) is 6.50. The lowest BCUT2D eigenvalue weighted by atomic mass is 10.1. The van der Waals surface area contributed by atoms with Gasteiger partial charge in [-0.05, 0) is 31.4 Å². The molecule has 19 heavy (non-hydrogen) atoms. The number of hydrogen-bond donors (Lipinski definition) is 2. The van der Waals surface area contributed by atoms with E-state index in [1.54, 1.807) is 6.20 Å². The fourth-order valence-corrected chi connectivity index (χ4v) is 2.04. The minimum atomic E-state index is -0.0993. The molecule has 1 unspecified atom stereocenters. The third-order valence-corrected chi connectivity index (χ3v) is 3.27. The van der Waals surface area contributed by atoms with Gasteiger partial charge in [0.15, 0.2) is 0 Å². The summed E-state index contributed by atoms with van der Waals surface area (Å²) in [5, 5.41) is 3.25. The molecule has 0 saturated heterocycles. The Morgan fingerprint density at radius 2 is 2.32 bits per heavy atom. The molecule has 0 bridgehead atoms. The van der Waals surface area contributed by atoms with E-state index >= 15 is 0 Å². The zero-order chi connectivity index (χ0) is 13.2. The van der Waals surface area contributed by atoms with Crippen LogP contribution in [-0.2, 0) is 0 Å². The van der Waals surface area contributed by atoms with Crippen LogP contribution in [0.4, 0.5) is 5.82 Å². The third-order valence-electron chi connectivity index (χ3n) is 3.27. The first kappa shape index (κ1) is 11.9. The van der Waals surface area contributed by atoms with Crippen LogP contribution in [0.15, 0.2) is 35.4 Å². The fraction of sp³-hybridized carbons (Fsp3) is 0.357. The number of aromatic nitrogens is 3. The van der Waals surface area contributed by atoms with Gasteiger partial charge >= 0.3 is 0 Å². The first-order valence-corrected chi connectivity index (χ1v) is 6.50. The molecule has 3 rings (SSSR count). The van der Waals surface area contributed by atoms with Gasteiger partial charge in [-0.2, -0.15) is 0 Å². The molecule has 1 fully saturated rings. The van der Waals surface area contributed by atoms with E-state index in [1.165, 1.54) is 6.07 Å². The van der Waals surface area contributed by atoms with Crippen LogP contribution >= 0.6 is 0 Å². The Morgan fingerprint density at radius 1 is 1.47 bits per heavy atom. The predicted octanol–water partition coefficient (Wildman–Crippen LogP) is 2.22. The van der Waals surface area contributed by atoms with Crippen LogP contribution in [0, 0.1) is 0 Å². The summed E-state index contributed by atoms with van der Waals surface area (Å²) in [6.45, 7) is 2.02. The van der Waals surface area contributed by atoms with Gasteiger partial charge < -0.3 is 10.3 Å². The second kappa shape index (κ2) is 4.84. The topological polar surface area (TPSA) is 70.7 Å². The van der Waals surface area contributed by atoms with Crippen molar-refractivity contribution in [2.75, 3.05) is 5.32 Å². The molecule has 0 amide bonds. The molecule has 1 atom stereocenters. The van der Waals surface area contributed by atoms with E-state index in [9.17, 15) is 4.79 Å². The minimum Gasteiger partial charge on any atom is -0.363 e. The highest BCUT2D eigenvalue weighted by Gasteiger charge is 2.26. The van der Waals surface area contributed by atoms with Gasteiger partial charge in [0.25, 0.3) is 5.56 Å². The van der Waals surface area contributed by atoms with Crippen LogP contribution in [0.25, 0.3) is 0 Å². The van der Waals surface area contributed by atoms with Crippen LogP contribution in [0.5, 0.6) is 0 Å². The van der Waals surface area contributed by atoms with Crippen LogP contribution in [0.2, 0.25) is 0 Å². The summed E-state index contributed by atoms with van der Waals surface area (Å²) in [6.07, 6.45) is 5.79. The number of pyridine rings is 1. The van der Waals surface area contributed by atoms with Gasteiger partial charge in [0.1, 0.15) is 11.6 Å². The standard InChI is InChI=1S/C14H16N4O/c1-9(11-3-2-6-15-8-11)16-12-7-13(19)18-14(17-12)10-4-5-10/h2-3,6-10H,4-5H2,1H3,(H2,16,17,18,19). The minimum absolute atomic E-state index is 0.0649. The number of hydrogen-bond acceptors (Lipinski definition) is 4. The maximum Gasteiger partial charge on any atom is 0.252 e. The Morgan fingerprint density at radius 3 is 3.00 bits per heavy atom. The molecule has 0 spiro atoms. The molecule has 2 aromatic rings. The summed E-state index contributed by atoms with van der Waals surface area (Å²) in [6, 6.07) is 5.46. The number of anilines is 1. The van der Waals surface area contributed by atoms with E-state index in [2.05, 4.69) is 20.3 Å². The van der Waals surface area contributed by atoms with Crippen molar-refractivity contribution in [1.82, 2.24) is 15.0 Å². The SMILES string of the molecule is CC(Nc1cc(=O)[nH]c(C2CC2)n1)c1cccnc1. The number of H-pyrrole nitrogens is 1. The Kier molecular flexibility index (Phi) is 3.03. The number of rotatable bonds is 4. The maximum absolute atomic E-state index is 11.6.